The molecule has 0 atom stereocenters. The minimum Gasteiger partial charge on any atom is -0.247 e. The number of rotatable bonds is 4. The molecule has 5 rings (SSSR count). The second-order valence-electron chi connectivity index (χ2n) is 7.77. The number of halogens is 2. The van der Waals surface area contributed by atoms with Gasteiger partial charge in [0.05, 0.1) is 12.2 Å². The van der Waals surface area contributed by atoms with E-state index in [-0.39, 0.29) is 22.8 Å². The maximum absolute atomic E-state index is 14.2. The topological polar surface area (TPSA) is 56.6 Å². The Labute approximate surface area is 182 Å². The fraction of sp³-hybridized carbons (Fsp3) is 0.174. The van der Waals surface area contributed by atoms with Crippen LogP contribution >= 0.6 is 11.6 Å². The van der Waals surface area contributed by atoms with Crippen LogP contribution in [-0.2, 0) is 6.54 Å². The predicted molar refractivity (Wildman–Crippen MR) is 118 cm³/mol. The Kier molecular flexibility index (Phi) is 4.63. The van der Waals surface area contributed by atoms with E-state index >= 15 is 0 Å². The smallest absolute Gasteiger partial charge is 0.247 e. The van der Waals surface area contributed by atoms with E-state index in [0.29, 0.717) is 17.1 Å². The molecule has 0 saturated heterocycles. The number of nitrogens with zero attached hydrogens (tertiary/aromatic N) is 5. The van der Waals surface area contributed by atoms with Gasteiger partial charge in [0.25, 0.3) is 0 Å². The third-order valence-corrected chi connectivity index (χ3v) is 5.79. The van der Waals surface area contributed by atoms with Crippen molar-refractivity contribution < 1.29 is 4.39 Å². The zero-order valence-electron chi connectivity index (χ0n) is 17.0. The average molecular weight is 436 g/mol. The third kappa shape index (κ3) is 3.31. The van der Waals surface area contributed by atoms with Crippen LogP contribution in [0.2, 0.25) is 5.02 Å². The Morgan fingerprint density at radius 1 is 1.06 bits per heavy atom. The van der Waals surface area contributed by atoms with Gasteiger partial charge in [-0.1, -0.05) is 55.8 Å². The van der Waals surface area contributed by atoms with Crippen molar-refractivity contribution >= 4 is 22.8 Å². The van der Waals surface area contributed by atoms with Gasteiger partial charge >= 0.3 is 5.69 Å². The molecule has 2 aromatic carbocycles. The van der Waals surface area contributed by atoms with E-state index in [1.165, 1.54) is 26.8 Å². The number of fused-ring (bicyclic) bond motifs is 3. The number of aromatic nitrogens is 5. The first-order valence-electron chi connectivity index (χ1n) is 9.93. The highest BCUT2D eigenvalue weighted by atomic mass is 35.5. The van der Waals surface area contributed by atoms with E-state index in [2.05, 4.69) is 36.2 Å². The number of hydrogen-bond acceptors (Lipinski definition) is 3. The van der Waals surface area contributed by atoms with Crippen LogP contribution < -0.4 is 5.69 Å². The summed E-state index contributed by atoms with van der Waals surface area (Å²) in [6.07, 6.45) is 3.31. The first-order chi connectivity index (χ1) is 14.9. The van der Waals surface area contributed by atoms with Crippen LogP contribution in [0.25, 0.3) is 22.4 Å². The van der Waals surface area contributed by atoms with E-state index in [4.69, 9.17) is 11.6 Å². The lowest BCUT2D eigenvalue weighted by Gasteiger charge is -2.05. The van der Waals surface area contributed by atoms with Crippen LogP contribution in [0.15, 0.2) is 65.7 Å². The quantitative estimate of drug-likeness (QED) is 0.408. The first-order valence-corrected chi connectivity index (χ1v) is 10.3. The van der Waals surface area contributed by atoms with Crippen LogP contribution in [0.1, 0.15) is 30.9 Å². The van der Waals surface area contributed by atoms with Gasteiger partial charge in [-0.15, -0.1) is 5.10 Å². The Hall–Kier alpha value is -3.45. The van der Waals surface area contributed by atoms with Gasteiger partial charge in [0.1, 0.15) is 11.3 Å². The molecule has 0 spiro atoms. The monoisotopic (exact) mass is 435 g/mol. The van der Waals surface area contributed by atoms with E-state index in [9.17, 15) is 9.18 Å². The van der Waals surface area contributed by atoms with Gasteiger partial charge < -0.3 is 0 Å². The summed E-state index contributed by atoms with van der Waals surface area (Å²) in [5.74, 6) is -0.0216. The van der Waals surface area contributed by atoms with Crippen LogP contribution in [0.5, 0.6) is 0 Å². The molecule has 0 aliphatic carbocycles. The molecule has 0 aliphatic rings. The first kappa shape index (κ1) is 19.5. The normalized spacial score (nSPS) is 11.8. The van der Waals surface area contributed by atoms with E-state index in [1.807, 2.05) is 18.2 Å². The summed E-state index contributed by atoms with van der Waals surface area (Å²) in [6, 6.07) is 14.6. The number of benzene rings is 2. The SMILES string of the molecule is CC(C)c1ccc(-c2cc3c4nn(Cc5c(F)cccc5Cl)c(=O)n4ccn3n2)cc1. The van der Waals surface area contributed by atoms with E-state index in [0.717, 1.165) is 11.3 Å². The van der Waals surface area contributed by atoms with E-state index < -0.39 is 5.82 Å². The van der Waals surface area contributed by atoms with Crippen molar-refractivity contribution in [3.8, 4) is 11.3 Å². The Morgan fingerprint density at radius 3 is 2.55 bits per heavy atom. The summed E-state index contributed by atoms with van der Waals surface area (Å²) in [6.45, 7) is 4.24. The van der Waals surface area contributed by atoms with E-state index in [1.54, 1.807) is 23.0 Å². The summed E-state index contributed by atoms with van der Waals surface area (Å²) in [4.78, 5) is 12.8. The molecule has 8 heteroatoms. The van der Waals surface area contributed by atoms with Gasteiger partial charge in [-0.05, 0) is 29.7 Å². The van der Waals surface area contributed by atoms with Gasteiger partial charge in [0.15, 0.2) is 5.65 Å². The van der Waals surface area contributed by atoms with Crippen molar-refractivity contribution in [2.45, 2.75) is 26.3 Å². The second-order valence-corrected chi connectivity index (χ2v) is 8.18. The van der Waals surface area contributed by atoms with Gasteiger partial charge in [-0.25, -0.2) is 22.8 Å². The lowest BCUT2D eigenvalue weighted by Crippen LogP contribution is -2.22. The molecule has 6 nitrogen and oxygen atoms in total. The molecule has 3 heterocycles. The molecule has 0 amide bonds. The van der Waals surface area contributed by atoms with Gasteiger partial charge in [-0.2, -0.15) is 5.10 Å². The summed E-state index contributed by atoms with van der Waals surface area (Å²) in [5, 5.41) is 9.33. The molecular formula is C23H19ClFN5O. The Bertz CT molecular complexity index is 1460. The van der Waals surface area contributed by atoms with Crippen LogP contribution in [0, 0.1) is 5.82 Å². The lowest BCUT2D eigenvalue weighted by molar-refractivity contribution is 0.578. The molecule has 0 fully saturated rings. The summed E-state index contributed by atoms with van der Waals surface area (Å²) in [7, 11) is 0. The zero-order valence-corrected chi connectivity index (χ0v) is 17.7. The van der Waals surface area contributed by atoms with Crippen molar-refractivity contribution in [2.24, 2.45) is 0 Å². The summed E-state index contributed by atoms with van der Waals surface area (Å²) >= 11 is 6.12. The zero-order chi connectivity index (χ0) is 21.7. The highest BCUT2D eigenvalue weighted by Gasteiger charge is 2.16. The molecule has 0 radical (unpaired) electrons. The fourth-order valence-corrected chi connectivity index (χ4v) is 3.87. The van der Waals surface area contributed by atoms with Crippen molar-refractivity contribution in [1.29, 1.82) is 0 Å². The highest BCUT2D eigenvalue weighted by molar-refractivity contribution is 6.31. The molecule has 3 aromatic heterocycles. The fourth-order valence-electron chi connectivity index (χ4n) is 3.65. The molecular weight excluding hydrogens is 417 g/mol. The highest BCUT2D eigenvalue weighted by Crippen LogP contribution is 2.24. The van der Waals surface area contributed by atoms with Gasteiger partial charge in [0, 0.05) is 28.5 Å². The largest absolute Gasteiger partial charge is 0.350 e. The van der Waals surface area contributed by atoms with Crippen molar-refractivity contribution in [1.82, 2.24) is 23.8 Å². The molecule has 31 heavy (non-hydrogen) atoms. The van der Waals surface area contributed by atoms with Crippen LogP contribution in [0.4, 0.5) is 4.39 Å². The molecule has 0 aliphatic heterocycles. The molecule has 5 aromatic rings. The maximum atomic E-state index is 14.2. The van der Waals surface area contributed by atoms with Crippen molar-refractivity contribution in [2.75, 3.05) is 0 Å². The lowest BCUT2D eigenvalue weighted by atomic mass is 10.0. The summed E-state index contributed by atoms with van der Waals surface area (Å²) < 4.78 is 18.5. The third-order valence-electron chi connectivity index (χ3n) is 5.43. The van der Waals surface area contributed by atoms with Gasteiger partial charge in [-0.3, -0.25) is 0 Å². The molecule has 156 valence electrons. The minimum absolute atomic E-state index is 0.0597. The standard InChI is InChI=1S/C23H19ClFN5O/c1-14(2)15-6-8-16(9-7-15)20-12-21-22-27-30(13-17-18(24)4-3-5-19(17)25)23(31)28(22)10-11-29(21)26-20/h3-12,14H,13H2,1-2H3. The Morgan fingerprint density at radius 2 is 1.84 bits per heavy atom. The van der Waals surface area contributed by atoms with Gasteiger partial charge in [0.2, 0.25) is 0 Å². The molecule has 0 saturated carbocycles. The predicted octanol–water partition coefficient (Wildman–Crippen LogP) is 4.77. The second kappa shape index (κ2) is 7.35. The maximum Gasteiger partial charge on any atom is 0.350 e. The number of hydrogen-bond donors (Lipinski definition) is 0. The van der Waals surface area contributed by atoms with Crippen molar-refractivity contribution in [3.05, 3.63) is 93.4 Å². The Balaban J connectivity index is 1.60. The molecule has 0 unspecified atom stereocenters. The molecule has 0 N–H and O–H groups in total. The molecule has 0 bridgehead atoms. The van der Waals surface area contributed by atoms with Crippen LogP contribution in [-0.4, -0.2) is 23.8 Å². The average Bonchev–Trinajstić information content (AvgIpc) is 3.32. The van der Waals surface area contributed by atoms with Crippen molar-refractivity contribution in [3.63, 3.8) is 0 Å². The summed E-state index contributed by atoms with van der Waals surface area (Å²) in [5.41, 5.74) is 3.99. The minimum atomic E-state index is -0.474. The van der Waals surface area contributed by atoms with Crippen LogP contribution in [0.3, 0.4) is 0 Å².